The van der Waals surface area contributed by atoms with Gasteiger partial charge >= 0.3 is 11.6 Å². The van der Waals surface area contributed by atoms with Crippen LogP contribution in [0.15, 0.2) is 27.4 Å². The van der Waals surface area contributed by atoms with Crippen LogP contribution in [-0.4, -0.2) is 34.1 Å². The number of aromatic nitrogens is 1. The van der Waals surface area contributed by atoms with Crippen molar-refractivity contribution in [2.75, 3.05) is 12.0 Å². The SMILES string of the molecule is CSCC[C@H](NCc1nc2cccc(C)c2c(=O)o1)C(=O)O. The summed E-state index contributed by atoms with van der Waals surface area (Å²) in [6.07, 6.45) is 2.42. The Labute approximate surface area is 131 Å². The lowest BCUT2D eigenvalue weighted by Crippen LogP contribution is -2.37. The summed E-state index contributed by atoms with van der Waals surface area (Å²) in [4.78, 5) is 27.5. The van der Waals surface area contributed by atoms with Crippen LogP contribution in [0.5, 0.6) is 0 Å². The smallest absolute Gasteiger partial charge is 0.347 e. The molecular formula is C15H18N2O4S. The minimum absolute atomic E-state index is 0.102. The maximum absolute atomic E-state index is 12.0. The summed E-state index contributed by atoms with van der Waals surface area (Å²) >= 11 is 1.58. The van der Waals surface area contributed by atoms with Gasteiger partial charge in [0.15, 0.2) is 0 Å². The van der Waals surface area contributed by atoms with Gasteiger partial charge in [0, 0.05) is 0 Å². The van der Waals surface area contributed by atoms with Gasteiger partial charge in [-0.05, 0) is 37.0 Å². The lowest BCUT2D eigenvalue weighted by Gasteiger charge is -2.13. The quantitative estimate of drug-likeness (QED) is 0.803. The topological polar surface area (TPSA) is 92.4 Å². The third kappa shape index (κ3) is 3.86. The molecule has 1 aromatic carbocycles. The van der Waals surface area contributed by atoms with Gasteiger partial charge in [-0.3, -0.25) is 10.1 Å². The molecule has 1 atom stereocenters. The normalized spacial score (nSPS) is 12.5. The van der Waals surface area contributed by atoms with E-state index in [0.717, 1.165) is 11.3 Å². The highest BCUT2D eigenvalue weighted by atomic mass is 32.2. The lowest BCUT2D eigenvalue weighted by atomic mass is 10.1. The van der Waals surface area contributed by atoms with Crippen LogP contribution in [0.3, 0.4) is 0 Å². The summed E-state index contributed by atoms with van der Waals surface area (Å²) in [5.41, 5.74) is 0.918. The average molecular weight is 322 g/mol. The largest absolute Gasteiger partial charge is 0.480 e. The van der Waals surface area contributed by atoms with Gasteiger partial charge in [-0.25, -0.2) is 9.78 Å². The monoisotopic (exact) mass is 322 g/mol. The zero-order chi connectivity index (χ0) is 16.1. The molecule has 6 nitrogen and oxygen atoms in total. The van der Waals surface area contributed by atoms with E-state index < -0.39 is 17.6 Å². The highest BCUT2D eigenvalue weighted by Gasteiger charge is 2.17. The first-order valence-electron chi connectivity index (χ1n) is 6.87. The van der Waals surface area contributed by atoms with Crippen molar-refractivity contribution in [1.29, 1.82) is 0 Å². The third-order valence-corrected chi connectivity index (χ3v) is 3.96. The fourth-order valence-electron chi connectivity index (χ4n) is 2.16. The Morgan fingerprint density at radius 1 is 1.50 bits per heavy atom. The zero-order valence-electron chi connectivity index (χ0n) is 12.5. The van der Waals surface area contributed by atoms with Crippen LogP contribution in [0.1, 0.15) is 17.9 Å². The Kier molecular flexibility index (Phi) is 5.57. The Hall–Kier alpha value is -1.86. The number of carboxylic acid groups (broad SMARTS) is 1. The summed E-state index contributed by atoms with van der Waals surface area (Å²) in [6.45, 7) is 1.92. The molecule has 0 bridgehead atoms. The van der Waals surface area contributed by atoms with Crippen molar-refractivity contribution in [3.8, 4) is 0 Å². The van der Waals surface area contributed by atoms with Crippen LogP contribution in [0, 0.1) is 6.92 Å². The number of aryl methyl sites for hydroxylation is 1. The van der Waals surface area contributed by atoms with E-state index in [1.165, 1.54) is 0 Å². The Bertz CT molecular complexity index is 729. The van der Waals surface area contributed by atoms with Crippen molar-refractivity contribution in [2.24, 2.45) is 0 Å². The van der Waals surface area contributed by atoms with E-state index in [-0.39, 0.29) is 12.4 Å². The fraction of sp³-hybridized carbons (Fsp3) is 0.400. The van der Waals surface area contributed by atoms with Gasteiger partial charge in [-0.1, -0.05) is 12.1 Å². The molecule has 2 rings (SSSR count). The van der Waals surface area contributed by atoms with E-state index in [0.29, 0.717) is 17.3 Å². The van der Waals surface area contributed by atoms with Crippen LogP contribution >= 0.6 is 11.8 Å². The highest BCUT2D eigenvalue weighted by molar-refractivity contribution is 7.98. The van der Waals surface area contributed by atoms with E-state index in [9.17, 15) is 9.59 Å². The molecule has 1 aromatic heterocycles. The van der Waals surface area contributed by atoms with E-state index >= 15 is 0 Å². The van der Waals surface area contributed by atoms with Crippen LogP contribution in [-0.2, 0) is 11.3 Å². The summed E-state index contributed by atoms with van der Waals surface area (Å²) in [6, 6.07) is 4.69. The summed E-state index contributed by atoms with van der Waals surface area (Å²) in [5, 5.41) is 12.5. The van der Waals surface area contributed by atoms with Crippen molar-refractivity contribution in [3.05, 3.63) is 40.1 Å². The van der Waals surface area contributed by atoms with Gasteiger partial charge in [-0.2, -0.15) is 11.8 Å². The molecule has 0 saturated carbocycles. The first kappa shape index (κ1) is 16.5. The number of thioether (sulfide) groups is 1. The maximum Gasteiger partial charge on any atom is 0.347 e. The second-order valence-electron chi connectivity index (χ2n) is 4.92. The minimum atomic E-state index is -0.923. The molecule has 1 heterocycles. The van der Waals surface area contributed by atoms with Crippen molar-refractivity contribution in [2.45, 2.75) is 25.9 Å². The van der Waals surface area contributed by atoms with E-state index in [1.54, 1.807) is 17.8 Å². The predicted octanol–water partition coefficient (Wildman–Crippen LogP) is 1.79. The summed E-state index contributed by atoms with van der Waals surface area (Å²) in [7, 11) is 0. The first-order chi connectivity index (χ1) is 10.5. The second kappa shape index (κ2) is 7.42. The molecule has 22 heavy (non-hydrogen) atoms. The Morgan fingerprint density at radius 3 is 2.95 bits per heavy atom. The van der Waals surface area contributed by atoms with Crippen molar-refractivity contribution in [1.82, 2.24) is 10.3 Å². The van der Waals surface area contributed by atoms with E-state index in [2.05, 4.69) is 10.3 Å². The Morgan fingerprint density at radius 2 is 2.27 bits per heavy atom. The molecule has 0 amide bonds. The molecule has 118 valence electrons. The van der Waals surface area contributed by atoms with Crippen molar-refractivity contribution in [3.63, 3.8) is 0 Å². The van der Waals surface area contributed by atoms with Crippen LogP contribution in [0.25, 0.3) is 10.9 Å². The molecule has 0 radical (unpaired) electrons. The molecule has 0 saturated heterocycles. The van der Waals surface area contributed by atoms with Crippen LogP contribution in [0.4, 0.5) is 0 Å². The molecule has 0 spiro atoms. The minimum Gasteiger partial charge on any atom is -0.480 e. The standard InChI is InChI=1S/C15H18N2O4S/c1-9-4-3-5-10-13(9)15(20)21-12(17-10)8-16-11(14(18)19)6-7-22-2/h3-5,11,16H,6-8H2,1-2H3,(H,18,19)/t11-/m0/s1. The van der Waals surface area contributed by atoms with E-state index in [4.69, 9.17) is 9.52 Å². The average Bonchev–Trinajstić information content (AvgIpc) is 2.46. The predicted molar refractivity (Wildman–Crippen MR) is 86.3 cm³/mol. The second-order valence-corrected chi connectivity index (χ2v) is 5.90. The highest BCUT2D eigenvalue weighted by Crippen LogP contribution is 2.12. The van der Waals surface area contributed by atoms with Crippen molar-refractivity contribution < 1.29 is 14.3 Å². The number of carboxylic acids is 1. The fourth-order valence-corrected chi connectivity index (χ4v) is 2.63. The summed E-state index contributed by atoms with van der Waals surface area (Å²) < 4.78 is 5.18. The molecule has 2 N–H and O–H groups in total. The zero-order valence-corrected chi connectivity index (χ0v) is 13.3. The maximum atomic E-state index is 12.0. The van der Waals surface area contributed by atoms with Gasteiger partial charge in [0.1, 0.15) is 6.04 Å². The Balaban J connectivity index is 2.18. The number of nitrogens with one attached hydrogen (secondary N) is 1. The molecular weight excluding hydrogens is 304 g/mol. The van der Waals surface area contributed by atoms with Gasteiger partial charge in [0.25, 0.3) is 0 Å². The number of benzene rings is 1. The number of hydrogen-bond acceptors (Lipinski definition) is 6. The molecule has 0 fully saturated rings. The number of rotatable bonds is 7. The van der Waals surface area contributed by atoms with Crippen molar-refractivity contribution >= 4 is 28.6 Å². The molecule has 0 aliphatic rings. The van der Waals surface area contributed by atoms with Gasteiger partial charge < -0.3 is 9.52 Å². The number of nitrogens with zero attached hydrogens (tertiary/aromatic N) is 1. The first-order valence-corrected chi connectivity index (χ1v) is 8.26. The lowest BCUT2D eigenvalue weighted by molar-refractivity contribution is -0.139. The van der Waals surface area contributed by atoms with Gasteiger partial charge in [0.2, 0.25) is 5.89 Å². The molecule has 0 aliphatic carbocycles. The van der Waals surface area contributed by atoms with Gasteiger partial charge in [0.05, 0.1) is 17.4 Å². The number of fused-ring (bicyclic) bond motifs is 1. The van der Waals surface area contributed by atoms with Gasteiger partial charge in [-0.15, -0.1) is 0 Å². The van der Waals surface area contributed by atoms with E-state index in [1.807, 2.05) is 25.3 Å². The molecule has 2 aromatic rings. The van der Waals surface area contributed by atoms with Crippen LogP contribution < -0.4 is 10.9 Å². The summed E-state index contributed by atoms with van der Waals surface area (Å²) in [5.74, 6) is 0.00432. The number of carbonyl (C=O) groups is 1. The molecule has 0 unspecified atom stereocenters. The molecule has 0 aliphatic heterocycles. The number of aliphatic carboxylic acids is 1. The molecule has 7 heteroatoms. The number of hydrogen-bond donors (Lipinski definition) is 2. The van der Waals surface area contributed by atoms with Crippen LogP contribution in [0.2, 0.25) is 0 Å². The third-order valence-electron chi connectivity index (χ3n) is 3.32.